The third kappa shape index (κ3) is 3.16. The molecule has 2 heterocycles. The topological polar surface area (TPSA) is 59.9 Å². The summed E-state index contributed by atoms with van der Waals surface area (Å²) >= 11 is 5.93. The van der Waals surface area contributed by atoms with Gasteiger partial charge in [0, 0.05) is 11.6 Å². The molecule has 17 heavy (non-hydrogen) atoms. The average Bonchev–Trinajstić information content (AvgIpc) is 2.58. The highest BCUT2D eigenvalue weighted by molar-refractivity contribution is 7.91. The lowest BCUT2D eigenvalue weighted by Gasteiger charge is -2.08. The quantitative estimate of drug-likeness (QED) is 0.791. The Kier molecular flexibility index (Phi) is 3.68. The van der Waals surface area contributed by atoms with Crippen LogP contribution in [0, 0.1) is 0 Å². The molecular weight excluding hydrogens is 260 g/mol. The number of rotatable bonds is 3. The molecule has 0 amide bonds. The van der Waals surface area contributed by atoms with Crippen LogP contribution in [0.2, 0.25) is 5.15 Å². The van der Waals surface area contributed by atoms with Crippen LogP contribution < -0.4 is 0 Å². The van der Waals surface area contributed by atoms with E-state index in [9.17, 15) is 8.42 Å². The molecule has 0 radical (unpaired) electrons. The first-order chi connectivity index (χ1) is 8.00. The van der Waals surface area contributed by atoms with Crippen molar-refractivity contribution in [3.8, 4) is 0 Å². The summed E-state index contributed by atoms with van der Waals surface area (Å²) in [5, 5.41) is 0.405. The highest BCUT2D eigenvalue weighted by Gasteiger charge is 2.31. The minimum atomic E-state index is -2.90. The Morgan fingerprint density at radius 3 is 2.82 bits per heavy atom. The number of nitrogens with zero attached hydrogens (tertiary/aromatic N) is 2. The predicted octanol–water partition coefficient (Wildman–Crippen LogP) is 1.98. The number of sulfone groups is 1. The Morgan fingerprint density at radius 1 is 1.47 bits per heavy atom. The first kappa shape index (κ1) is 12.8. The second-order valence-corrected chi connectivity index (χ2v) is 7.01. The standard InChI is InChI=1S/C11H15ClN2O2S/c1-2-3-9-6-10(12)14-11(13-9)8-4-5-17(15,16)7-8/h6,8H,2-5,7H2,1H3. The lowest BCUT2D eigenvalue weighted by Crippen LogP contribution is -2.09. The van der Waals surface area contributed by atoms with Crippen molar-refractivity contribution in [1.29, 1.82) is 0 Å². The fourth-order valence-electron chi connectivity index (χ4n) is 2.05. The molecule has 1 saturated heterocycles. The second-order valence-electron chi connectivity index (χ2n) is 4.39. The average molecular weight is 275 g/mol. The van der Waals surface area contributed by atoms with E-state index in [1.54, 1.807) is 6.07 Å². The summed E-state index contributed by atoms with van der Waals surface area (Å²) in [5.41, 5.74) is 0.895. The summed E-state index contributed by atoms with van der Waals surface area (Å²) in [6.07, 6.45) is 2.43. The highest BCUT2D eigenvalue weighted by Crippen LogP contribution is 2.27. The number of aryl methyl sites for hydroxylation is 1. The highest BCUT2D eigenvalue weighted by atomic mass is 35.5. The van der Waals surface area contributed by atoms with E-state index in [1.165, 1.54) is 0 Å². The van der Waals surface area contributed by atoms with Crippen LogP contribution in [0.25, 0.3) is 0 Å². The van der Waals surface area contributed by atoms with Crippen molar-refractivity contribution in [2.24, 2.45) is 0 Å². The van der Waals surface area contributed by atoms with E-state index in [4.69, 9.17) is 11.6 Å². The first-order valence-corrected chi connectivity index (χ1v) is 7.94. The van der Waals surface area contributed by atoms with E-state index in [0.29, 0.717) is 17.4 Å². The Bertz CT molecular complexity index is 516. The van der Waals surface area contributed by atoms with Crippen LogP contribution in [-0.2, 0) is 16.3 Å². The molecular formula is C11H15ClN2O2S. The van der Waals surface area contributed by atoms with Crippen LogP contribution in [0.15, 0.2) is 6.07 Å². The van der Waals surface area contributed by atoms with Crippen LogP contribution in [0.5, 0.6) is 0 Å². The fraction of sp³-hybridized carbons (Fsp3) is 0.636. The van der Waals surface area contributed by atoms with Gasteiger partial charge in [0.05, 0.1) is 11.5 Å². The minimum absolute atomic E-state index is 0.0886. The maximum absolute atomic E-state index is 11.4. The summed E-state index contributed by atoms with van der Waals surface area (Å²) in [4.78, 5) is 8.56. The summed E-state index contributed by atoms with van der Waals surface area (Å²) in [7, 11) is -2.90. The molecule has 4 nitrogen and oxygen atoms in total. The van der Waals surface area contributed by atoms with Crippen LogP contribution in [0.3, 0.4) is 0 Å². The van der Waals surface area contributed by atoms with Gasteiger partial charge >= 0.3 is 0 Å². The van der Waals surface area contributed by atoms with Crippen LogP contribution >= 0.6 is 11.6 Å². The molecule has 0 aromatic carbocycles. The zero-order chi connectivity index (χ0) is 12.5. The van der Waals surface area contributed by atoms with Crippen molar-refractivity contribution >= 4 is 21.4 Å². The van der Waals surface area contributed by atoms with Crippen LogP contribution in [0.4, 0.5) is 0 Å². The van der Waals surface area contributed by atoms with Crippen molar-refractivity contribution in [3.05, 3.63) is 22.7 Å². The Labute approximate surface area is 106 Å². The van der Waals surface area contributed by atoms with Crippen molar-refractivity contribution in [3.63, 3.8) is 0 Å². The number of aromatic nitrogens is 2. The molecule has 1 atom stereocenters. The van der Waals surface area contributed by atoms with Gasteiger partial charge in [0.1, 0.15) is 11.0 Å². The number of hydrogen-bond acceptors (Lipinski definition) is 4. The van der Waals surface area contributed by atoms with Gasteiger partial charge in [0.15, 0.2) is 9.84 Å². The molecule has 0 bridgehead atoms. The van der Waals surface area contributed by atoms with Crippen LogP contribution in [0.1, 0.15) is 37.2 Å². The van der Waals surface area contributed by atoms with Crippen molar-refractivity contribution in [1.82, 2.24) is 9.97 Å². The van der Waals surface area contributed by atoms with E-state index in [0.717, 1.165) is 18.5 Å². The molecule has 1 aromatic heterocycles. The normalized spacial score (nSPS) is 22.8. The SMILES string of the molecule is CCCc1cc(Cl)nc(C2CCS(=O)(=O)C2)n1. The largest absolute Gasteiger partial charge is 0.238 e. The lowest BCUT2D eigenvalue weighted by atomic mass is 10.1. The Morgan fingerprint density at radius 2 is 2.24 bits per heavy atom. The van der Waals surface area contributed by atoms with Gasteiger partial charge in [-0.05, 0) is 18.9 Å². The van der Waals surface area contributed by atoms with Gasteiger partial charge in [-0.3, -0.25) is 0 Å². The molecule has 1 aliphatic rings. The van der Waals surface area contributed by atoms with Gasteiger partial charge in [0.2, 0.25) is 0 Å². The molecule has 0 saturated carbocycles. The summed E-state index contributed by atoms with van der Waals surface area (Å²) in [6.45, 7) is 2.07. The maximum atomic E-state index is 11.4. The molecule has 0 N–H and O–H groups in total. The first-order valence-electron chi connectivity index (χ1n) is 5.74. The van der Waals surface area contributed by atoms with E-state index in [2.05, 4.69) is 16.9 Å². The summed E-state index contributed by atoms with van der Waals surface area (Å²) in [6, 6.07) is 1.75. The van der Waals surface area contributed by atoms with E-state index < -0.39 is 9.84 Å². The maximum Gasteiger partial charge on any atom is 0.151 e. The van der Waals surface area contributed by atoms with Gasteiger partial charge in [-0.1, -0.05) is 24.9 Å². The monoisotopic (exact) mass is 274 g/mol. The van der Waals surface area contributed by atoms with E-state index >= 15 is 0 Å². The molecule has 0 spiro atoms. The third-order valence-electron chi connectivity index (χ3n) is 2.87. The van der Waals surface area contributed by atoms with Gasteiger partial charge < -0.3 is 0 Å². The molecule has 1 aromatic rings. The van der Waals surface area contributed by atoms with Crippen molar-refractivity contribution < 1.29 is 8.42 Å². The predicted molar refractivity (Wildman–Crippen MR) is 67.0 cm³/mol. The summed E-state index contributed by atoms with van der Waals surface area (Å²) in [5.74, 6) is 0.881. The van der Waals surface area contributed by atoms with E-state index in [-0.39, 0.29) is 17.4 Å². The molecule has 6 heteroatoms. The molecule has 1 fully saturated rings. The minimum Gasteiger partial charge on any atom is -0.238 e. The molecule has 2 rings (SSSR count). The Hall–Kier alpha value is -0.680. The smallest absolute Gasteiger partial charge is 0.151 e. The lowest BCUT2D eigenvalue weighted by molar-refractivity contribution is 0.601. The second kappa shape index (κ2) is 4.90. The fourth-order valence-corrected chi connectivity index (χ4v) is 4.00. The van der Waals surface area contributed by atoms with Gasteiger partial charge in [-0.15, -0.1) is 0 Å². The van der Waals surface area contributed by atoms with Crippen molar-refractivity contribution in [2.75, 3.05) is 11.5 Å². The summed E-state index contributed by atoms with van der Waals surface area (Å²) < 4.78 is 22.8. The zero-order valence-electron chi connectivity index (χ0n) is 9.69. The molecule has 94 valence electrons. The third-order valence-corrected chi connectivity index (χ3v) is 4.83. The zero-order valence-corrected chi connectivity index (χ0v) is 11.3. The van der Waals surface area contributed by atoms with Gasteiger partial charge in [-0.25, -0.2) is 18.4 Å². The Balaban J connectivity index is 2.27. The van der Waals surface area contributed by atoms with Crippen molar-refractivity contribution in [2.45, 2.75) is 32.1 Å². The van der Waals surface area contributed by atoms with Gasteiger partial charge in [-0.2, -0.15) is 0 Å². The number of halogens is 1. The molecule has 0 aliphatic carbocycles. The molecule has 1 unspecified atom stereocenters. The van der Waals surface area contributed by atoms with Gasteiger partial charge in [0.25, 0.3) is 0 Å². The number of hydrogen-bond donors (Lipinski definition) is 0. The van der Waals surface area contributed by atoms with Crippen LogP contribution in [-0.4, -0.2) is 29.9 Å². The molecule has 1 aliphatic heterocycles. The van der Waals surface area contributed by atoms with E-state index in [1.807, 2.05) is 0 Å².